The van der Waals surface area contributed by atoms with E-state index < -0.39 is 0 Å². The van der Waals surface area contributed by atoms with Gasteiger partial charge >= 0.3 is 0 Å². The van der Waals surface area contributed by atoms with Crippen LogP contribution in [0.4, 0.5) is 11.4 Å². The number of hydrogen-bond acceptors (Lipinski definition) is 3. The lowest BCUT2D eigenvalue weighted by molar-refractivity contribution is 0.319. The number of halogens is 2. The van der Waals surface area contributed by atoms with Gasteiger partial charge in [-0.15, -0.1) is 0 Å². The minimum absolute atomic E-state index is 0.447. The van der Waals surface area contributed by atoms with E-state index in [2.05, 4.69) is 10.5 Å². The summed E-state index contributed by atoms with van der Waals surface area (Å²) in [6, 6.07) is 18.9. The van der Waals surface area contributed by atoms with E-state index in [4.69, 9.17) is 23.2 Å². The van der Waals surface area contributed by atoms with Crippen molar-refractivity contribution in [1.29, 1.82) is 0 Å². The smallest absolute Gasteiger partial charge is 0.118 e. The van der Waals surface area contributed by atoms with Crippen molar-refractivity contribution in [3.63, 3.8) is 0 Å². The third-order valence-corrected chi connectivity index (χ3v) is 4.74. The normalized spacial score (nSPS) is 11.5. The van der Waals surface area contributed by atoms with Crippen molar-refractivity contribution in [2.45, 2.75) is 13.8 Å². The number of hydrogen-bond donors (Lipinski definition) is 2. The molecule has 3 rings (SSSR count). The van der Waals surface area contributed by atoms with Gasteiger partial charge in [0.2, 0.25) is 0 Å². The summed E-state index contributed by atoms with van der Waals surface area (Å²) in [4.78, 5) is 0. The standard InChI is InChI=1S/C21H18Cl2N2O/c1-13-5-3-4-6-17(13)21(25-26)18-9-8-16(12-19(18)23)24-20-10-7-15(22)11-14(20)2/h3-12,24,26H,1-2H3. The van der Waals surface area contributed by atoms with Crippen LogP contribution in [0.3, 0.4) is 0 Å². The molecule has 0 fully saturated rings. The average molecular weight is 385 g/mol. The minimum Gasteiger partial charge on any atom is -0.410 e. The van der Waals surface area contributed by atoms with Crippen LogP contribution in [0.25, 0.3) is 0 Å². The lowest BCUT2D eigenvalue weighted by Gasteiger charge is -2.13. The average Bonchev–Trinajstić information content (AvgIpc) is 2.61. The number of nitrogens with zero attached hydrogens (tertiary/aromatic N) is 1. The highest BCUT2D eigenvalue weighted by molar-refractivity contribution is 6.35. The molecule has 0 aliphatic heterocycles. The molecule has 0 heterocycles. The number of rotatable bonds is 4. The summed E-state index contributed by atoms with van der Waals surface area (Å²) in [5.74, 6) is 0. The summed E-state index contributed by atoms with van der Waals surface area (Å²) >= 11 is 12.5. The molecule has 0 aliphatic carbocycles. The van der Waals surface area contributed by atoms with E-state index in [1.165, 1.54) is 0 Å². The molecule has 132 valence electrons. The van der Waals surface area contributed by atoms with Crippen LogP contribution in [0.1, 0.15) is 22.3 Å². The zero-order valence-electron chi connectivity index (χ0n) is 14.4. The van der Waals surface area contributed by atoms with Gasteiger partial charge in [0.1, 0.15) is 5.71 Å². The van der Waals surface area contributed by atoms with Crippen LogP contribution in [0.5, 0.6) is 0 Å². The molecule has 0 spiro atoms. The van der Waals surface area contributed by atoms with Crippen molar-refractivity contribution in [3.05, 3.63) is 93.0 Å². The summed E-state index contributed by atoms with van der Waals surface area (Å²) in [5.41, 5.74) is 5.79. The molecule has 5 heteroatoms. The maximum atomic E-state index is 9.55. The molecule has 0 aromatic heterocycles. The van der Waals surface area contributed by atoms with Gasteiger partial charge in [0.25, 0.3) is 0 Å². The molecule has 0 unspecified atom stereocenters. The zero-order chi connectivity index (χ0) is 18.7. The molecule has 2 N–H and O–H groups in total. The zero-order valence-corrected chi connectivity index (χ0v) is 15.9. The summed E-state index contributed by atoms with van der Waals surface area (Å²) in [6.45, 7) is 3.95. The fraction of sp³-hybridized carbons (Fsp3) is 0.0952. The molecular weight excluding hydrogens is 367 g/mol. The molecule has 0 radical (unpaired) electrons. The van der Waals surface area contributed by atoms with Crippen molar-refractivity contribution in [2.24, 2.45) is 5.16 Å². The van der Waals surface area contributed by atoms with E-state index in [-0.39, 0.29) is 0 Å². The van der Waals surface area contributed by atoms with Crippen LogP contribution in [-0.2, 0) is 0 Å². The Morgan fingerprint density at radius 2 is 1.65 bits per heavy atom. The van der Waals surface area contributed by atoms with Gasteiger partial charge < -0.3 is 10.5 Å². The highest BCUT2D eigenvalue weighted by Crippen LogP contribution is 2.28. The lowest BCUT2D eigenvalue weighted by atomic mass is 9.98. The van der Waals surface area contributed by atoms with Crippen LogP contribution in [0, 0.1) is 13.8 Å². The molecule has 0 bridgehead atoms. The van der Waals surface area contributed by atoms with Gasteiger partial charge in [-0.2, -0.15) is 0 Å². The van der Waals surface area contributed by atoms with Gasteiger partial charge in [-0.25, -0.2) is 0 Å². The van der Waals surface area contributed by atoms with Gasteiger partial charge in [0, 0.05) is 27.5 Å². The largest absolute Gasteiger partial charge is 0.410 e. The Balaban J connectivity index is 1.93. The van der Waals surface area contributed by atoms with Crippen molar-refractivity contribution in [2.75, 3.05) is 5.32 Å². The van der Waals surface area contributed by atoms with Gasteiger partial charge in [-0.05, 0) is 61.4 Å². The highest BCUT2D eigenvalue weighted by atomic mass is 35.5. The predicted octanol–water partition coefficient (Wildman–Crippen LogP) is 6.58. The van der Waals surface area contributed by atoms with E-state index in [0.29, 0.717) is 21.3 Å². The van der Waals surface area contributed by atoms with Crippen molar-refractivity contribution >= 4 is 40.3 Å². The van der Waals surface area contributed by atoms with Crippen molar-refractivity contribution in [3.8, 4) is 0 Å². The quantitative estimate of drug-likeness (QED) is 0.303. The molecule has 3 nitrogen and oxygen atoms in total. The Kier molecular flexibility index (Phi) is 5.50. The second-order valence-electron chi connectivity index (χ2n) is 6.04. The molecule has 3 aromatic carbocycles. The van der Waals surface area contributed by atoms with Gasteiger partial charge in [-0.3, -0.25) is 0 Å². The van der Waals surface area contributed by atoms with Crippen molar-refractivity contribution < 1.29 is 5.21 Å². The van der Waals surface area contributed by atoms with E-state index in [1.807, 2.05) is 74.5 Å². The molecule has 0 amide bonds. The second-order valence-corrected chi connectivity index (χ2v) is 6.89. The van der Waals surface area contributed by atoms with Crippen LogP contribution < -0.4 is 5.32 Å². The first-order valence-corrected chi connectivity index (χ1v) is 8.86. The molecule has 0 aliphatic rings. The minimum atomic E-state index is 0.447. The van der Waals surface area contributed by atoms with Crippen LogP contribution in [-0.4, -0.2) is 10.9 Å². The third kappa shape index (κ3) is 3.85. The number of aryl methyl sites for hydroxylation is 2. The van der Waals surface area contributed by atoms with Gasteiger partial charge in [0.15, 0.2) is 0 Å². The van der Waals surface area contributed by atoms with Gasteiger partial charge in [-0.1, -0.05) is 52.6 Å². The molecule has 0 atom stereocenters. The maximum Gasteiger partial charge on any atom is 0.118 e. The molecule has 3 aromatic rings. The van der Waals surface area contributed by atoms with E-state index in [1.54, 1.807) is 0 Å². The van der Waals surface area contributed by atoms with Crippen LogP contribution >= 0.6 is 23.2 Å². The topological polar surface area (TPSA) is 44.6 Å². The SMILES string of the molecule is Cc1cc(Cl)ccc1Nc1ccc(C(=NO)c2ccccc2C)c(Cl)c1. The highest BCUT2D eigenvalue weighted by Gasteiger charge is 2.14. The Bertz CT molecular complexity index is 983. The Hall–Kier alpha value is -2.49. The Morgan fingerprint density at radius 3 is 2.31 bits per heavy atom. The van der Waals surface area contributed by atoms with E-state index >= 15 is 0 Å². The third-order valence-electron chi connectivity index (χ3n) is 4.19. The monoisotopic (exact) mass is 384 g/mol. The fourth-order valence-electron chi connectivity index (χ4n) is 2.80. The summed E-state index contributed by atoms with van der Waals surface area (Å²) in [7, 11) is 0. The number of anilines is 2. The number of benzene rings is 3. The summed E-state index contributed by atoms with van der Waals surface area (Å²) < 4.78 is 0. The lowest BCUT2D eigenvalue weighted by Crippen LogP contribution is -2.06. The molecular formula is C21H18Cl2N2O. The molecule has 26 heavy (non-hydrogen) atoms. The molecule has 0 saturated carbocycles. The number of oxime groups is 1. The summed E-state index contributed by atoms with van der Waals surface area (Å²) in [6.07, 6.45) is 0. The van der Waals surface area contributed by atoms with E-state index in [9.17, 15) is 5.21 Å². The summed E-state index contributed by atoms with van der Waals surface area (Å²) in [5, 5.41) is 17.6. The fourth-order valence-corrected chi connectivity index (χ4v) is 3.30. The van der Waals surface area contributed by atoms with Crippen LogP contribution in [0.2, 0.25) is 10.0 Å². The predicted molar refractivity (Wildman–Crippen MR) is 110 cm³/mol. The number of nitrogens with one attached hydrogen (secondary N) is 1. The van der Waals surface area contributed by atoms with E-state index in [0.717, 1.165) is 28.1 Å². The first-order valence-electron chi connectivity index (χ1n) is 8.10. The molecule has 0 saturated heterocycles. The second kappa shape index (κ2) is 7.81. The first-order chi connectivity index (χ1) is 12.5. The first kappa shape index (κ1) is 18.3. The maximum absolute atomic E-state index is 9.55. The van der Waals surface area contributed by atoms with Crippen molar-refractivity contribution in [1.82, 2.24) is 0 Å². The Morgan fingerprint density at radius 1 is 0.885 bits per heavy atom. The van der Waals surface area contributed by atoms with Crippen LogP contribution in [0.15, 0.2) is 65.8 Å². The van der Waals surface area contributed by atoms with Gasteiger partial charge in [0.05, 0.1) is 5.02 Å². The Labute approximate surface area is 162 Å².